The van der Waals surface area contributed by atoms with Gasteiger partial charge in [0, 0.05) is 29.9 Å². The smallest absolute Gasteiger partial charge is 0.313 e. The van der Waals surface area contributed by atoms with Crippen LogP contribution in [0, 0.1) is 0 Å². The van der Waals surface area contributed by atoms with Crippen LogP contribution in [0.5, 0.6) is 0 Å². The van der Waals surface area contributed by atoms with Crippen molar-refractivity contribution >= 4 is 34.0 Å². The Hall–Kier alpha value is -3.34. The lowest BCUT2D eigenvalue weighted by Gasteiger charge is -2.10. The van der Waals surface area contributed by atoms with Crippen molar-refractivity contribution in [3.63, 3.8) is 0 Å². The van der Waals surface area contributed by atoms with Gasteiger partial charge in [-0.2, -0.15) is 0 Å². The Bertz CT molecular complexity index is 873. The topological polar surface area (TPSA) is 70.2 Å². The molecule has 5 nitrogen and oxygen atoms in total. The molecule has 0 aromatic heterocycles. The number of rotatable bonds is 5. The van der Waals surface area contributed by atoms with E-state index in [1.807, 2.05) is 36.4 Å². The third kappa shape index (κ3) is 4.35. The van der Waals surface area contributed by atoms with Crippen LogP contribution in [-0.4, -0.2) is 24.9 Å². The molecule has 3 aromatic carbocycles. The Morgan fingerprint density at radius 2 is 1.44 bits per heavy atom. The molecule has 3 rings (SSSR count). The van der Waals surface area contributed by atoms with Crippen molar-refractivity contribution in [3.8, 4) is 0 Å². The van der Waals surface area contributed by atoms with Gasteiger partial charge in [0.25, 0.3) is 0 Å². The van der Waals surface area contributed by atoms with E-state index in [0.717, 1.165) is 16.5 Å². The van der Waals surface area contributed by atoms with E-state index in [1.54, 1.807) is 24.3 Å². The van der Waals surface area contributed by atoms with Crippen LogP contribution >= 0.6 is 0 Å². The lowest BCUT2D eigenvalue weighted by Crippen LogP contribution is -2.37. The minimum absolute atomic E-state index is 0.351. The van der Waals surface area contributed by atoms with E-state index in [2.05, 4.69) is 28.1 Å². The number of hydrogen-bond donors (Lipinski definition) is 3. The van der Waals surface area contributed by atoms with Gasteiger partial charge in [0.05, 0.1) is 0 Å². The molecule has 5 heteroatoms. The zero-order valence-corrected chi connectivity index (χ0v) is 13.7. The summed E-state index contributed by atoms with van der Waals surface area (Å²) in [4.78, 5) is 23.6. The van der Waals surface area contributed by atoms with Crippen LogP contribution in [0.3, 0.4) is 0 Å². The van der Waals surface area contributed by atoms with Crippen LogP contribution in [0.15, 0.2) is 72.8 Å². The van der Waals surface area contributed by atoms with Gasteiger partial charge in [0.1, 0.15) is 0 Å². The molecule has 0 aliphatic carbocycles. The summed E-state index contributed by atoms with van der Waals surface area (Å²) in [5.41, 5.74) is 1.60. The maximum absolute atomic E-state index is 11.8. The molecule has 0 bridgehead atoms. The molecule has 3 aromatic rings. The van der Waals surface area contributed by atoms with E-state index in [1.165, 1.54) is 0 Å². The molecule has 0 aliphatic heterocycles. The molecule has 0 fully saturated rings. The second-order valence-corrected chi connectivity index (χ2v) is 5.53. The fourth-order valence-electron chi connectivity index (χ4n) is 2.54. The highest BCUT2D eigenvalue weighted by molar-refractivity contribution is 6.39. The number of benzene rings is 3. The number of fused-ring (bicyclic) bond motifs is 1. The Morgan fingerprint density at radius 1 is 0.720 bits per heavy atom. The molecule has 0 saturated carbocycles. The predicted molar refractivity (Wildman–Crippen MR) is 101 cm³/mol. The SMILES string of the molecule is O=C(NCCNc1cccc2ccccc12)C(=O)Nc1ccccc1. The first-order valence-electron chi connectivity index (χ1n) is 8.10. The molecule has 2 amide bonds. The minimum atomic E-state index is -0.670. The fourth-order valence-corrected chi connectivity index (χ4v) is 2.54. The number of amides is 2. The third-order valence-corrected chi connectivity index (χ3v) is 3.75. The third-order valence-electron chi connectivity index (χ3n) is 3.75. The lowest BCUT2D eigenvalue weighted by molar-refractivity contribution is -0.136. The van der Waals surface area contributed by atoms with Crippen LogP contribution in [0.2, 0.25) is 0 Å². The van der Waals surface area contributed by atoms with Gasteiger partial charge in [-0.15, -0.1) is 0 Å². The molecule has 0 spiro atoms. The summed E-state index contributed by atoms with van der Waals surface area (Å²) in [5, 5.41) is 10.7. The summed E-state index contributed by atoms with van der Waals surface area (Å²) >= 11 is 0. The molecule has 0 saturated heterocycles. The molecule has 126 valence electrons. The maximum atomic E-state index is 11.8. The highest BCUT2D eigenvalue weighted by Gasteiger charge is 2.12. The van der Waals surface area contributed by atoms with Gasteiger partial charge in [0.15, 0.2) is 0 Å². The van der Waals surface area contributed by atoms with Gasteiger partial charge in [0.2, 0.25) is 0 Å². The Kier molecular flexibility index (Phi) is 5.26. The Morgan fingerprint density at radius 3 is 2.28 bits per heavy atom. The normalized spacial score (nSPS) is 10.2. The molecule has 0 radical (unpaired) electrons. The summed E-state index contributed by atoms with van der Waals surface area (Å²) in [6, 6.07) is 23.0. The predicted octanol–water partition coefficient (Wildman–Crippen LogP) is 3.01. The van der Waals surface area contributed by atoms with Gasteiger partial charge < -0.3 is 16.0 Å². The average molecular weight is 333 g/mol. The summed E-state index contributed by atoms with van der Waals surface area (Å²) in [7, 11) is 0. The van der Waals surface area contributed by atoms with E-state index >= 15 is 0 Å². The molecular weight excluding hydrogens is 314 g/mol. The molecular formula is C20H19N3O2. The maximum Gasteiger partial charge on any atom is 0.313 e. The summed E-state index contributed by atoms with van der Waals surface area (Å²) in [6.07, 6.45) is 0. The number of nitrogens with one attached hydrogen (secondary N) is 3. The highest BCUT2D eigenvalue weighted by Crippen LogP contribution is 2.22. The molecule has 3 N–H and O–H groups in total. The van der Waals surface area contributed by atoms with E-state index in [0.29, 0.717) is 18.8 Å². The first-order chi connectivity index (χ1) is 12.2. The average Bonchev–Trinajstić information content (AvgIpc) is 2.66. The summed E-state index contributed by atoms with van der Waals surface area (Å²) in [5.74, 6) is -1.32. The van der Waals surface area contributed by atoms with Crippen molar-refractivity contribution in [1.29, 1.82) is 0 Å². The number of para-hydroxylation sites is 1. The largest absolute Gasteiger partial charge is 0.383 e. The van der Waals surface area contributed by atoms with Gasteiger partial charge >= 0.3 is 11.8 Å². The van der Waals surface area contributed by atoms with Crippen LogP contribution in [0.25, 0.3) is 10.8 Å². The van der Waals surface area contributed by atoms with Crippen molar-refractivity contribution in [1.82, 2.24) is 5.32 Å². The highest BCUT2D eigenvalue weighted by atomic mass is 16.2. The van der Waals surface area contributed by atoms with Crippen molar-refractivity contribution in [2.75, 3.05) is 23.7 Å². The van der Waals surface area contributed by atoms with Crippen LogP contribution in [0.1, 0.15) is 0 Å². The number of carbonyl (C=O) groups is 2. The second-order valence-electron chi connectivity index (χ2n) is 5.53. The van der Waals surface area contributed by atoms with E-state index < -0.39 is 11.8 Å². The van der Waals surface area contributed by atoms with Crippen LogP contribution in [0.4, 0.5) is 11.4 Å². The molecule has 25 heavy (non-hydrogen) atoms. The van der Waals surface area contributed by atoms with Gasteiger partial charge in [-0.3, -0.25) is 9.59 Å². The standard InChI is InChI=1S/C20H19N3O2/c24-19(20(25)23-16-9-2-1-3-10-16)22-14-13-21-18-12-6-8-15-7-4-5-11-17(15)18/h1-12,21H,13-14H2,(H,22,24)(H,23,25). The monoisotopic (exact) mass is 333 g/mol. The zero-order valence-electron chi connectivity index (χ0n) is 13.7. The molecule has 0 atom stereocenters. The first kappa shape index (κ1) is 16.5. The second kappa shape index (κ2) is 7.97. The Labute approximate surface area is 146 Å². The van der Waals surface area contributed by atoms with Gasteiger partial charge in [-0.1, -0.05) is 54.6 Å². The molecule has 0 aliphatic rings. The summed E-state index contributed by atoms with van der Waals surface area (Å²) in [6.45, 7) is 0.878. The molecule has 0 heterocycles. The number of hydrogen-bond acceptors (Lipinski definition) is 3. The molecule has 0 unspecified atom stereocenters. The van der Waals surface area contributed by atoms with E-state index in [9.17, 15) is 9.59 Å². The minimum Gasteiger partial charge on any atom is -0.383 e. The van der Waals surface area contributed by atoms with Crippen LogP contribution < -0.4 is 16.0 Å². The van der Waals surface area contributed by atoms with Crippen LogP contribution in [-0.2, 0) is 9.59 Å². The van der Waals surface area contributed by atoms with Crippen molar-refractivity contribution in [3.05, 3.63) is 72.8 Å². The lowest BCUT2D eigenvalue weighted by atomic mass is 10.1. The zero-order chi connectivity index (χ0) is 17.5. The van der Waals surface area contributed by atoms with Crippen molar-refractivity contribution < 1.29 is 9.59 Å². The van der Waals surface area contributed by atoms with E-state index in [-0.39, 0.29) is 0 Å². The number of anilines is 2. The quantitative estimate of drug-likeness (QED) is 0.496. The summed E-state index contributed by atoms with van der Waals surface area (Å²) < 4.78 is 0. The Balaban J connectivity index is 1.48. The van der Waals surface area contributed by atoms with E-state index in [4.69, 9.17) is 0 Å². The van der Waals surface area contributed by atoms with Gasteiger partial charge in [-0.05, 0) is 23.6 Å². The van der Waals surface area contributed by atoms with Gasteiger partial charge in [-0.25, -0.2) is 0 Å². The van der Waals surface area contributed by atoms with Crippen molar-refractivity contribution in [2.24, 2.45) is 0 Å². The first-order valence-corrected chi connectivity index (χ1v) is 8.10. The van der Waals surface area contributed by atoms with Crippen molar-refractivity contribution in [2.45, 2.75) is 0 Å². The fraction of sp³-hybridized carbons (Fsp3) is 0.100. The number of carbonyl (C=O) groups excluding carboxylic acids is 2.